The number of aliphatic carboxylic acids is 1. The van der Waals surface area contributed by atoms with Crippen LogP contribution in [0.3, 0.4) is 0 Å². The molecule has 0 aromatic heterocycles. The molecule has 0 spiro atoms. The van der Waals surface area contributed by atoms with E-state index in [0.717, 1.165) is 15.6 Å². The van der Waals surface area contributed by atoms with Crippen LogP contribution in [-0.4, -0.2) is 29.2 Å². The number of nitrogens with one attached hydrogen (secondary N) is 1. The van der Waals surface area contributed by atoms with Gasteiger partial charge in [0.25, 0.3) is 5.91 Å². The first-order valence-electron chi connectivity index (χ1n) is 6.34. The van der Waals surface area contributed by atoms with Gasteiger partial charge in [-0.3, -0.25) is 4.79 Å². The zero-order valence-corrected chi connectivity index (χ0v) is 12.9. The van der Waals surface area contributed by atoms with E-state index in [0.29, 0.717) is 18.5 Å². The number of hydrogen-bond acceptors (Lipinski definition) is 3. The van der Waals surface area contributed by atoms with Crippen molar-refractivity contribution in [2.45, 2.75) is 38.9 Å². The molecule has 1 heterocycles. The Hall–Kier alpha value is -1.40. The average Bonchev–Trinajstić information content (AvgIpc) is 2.85. The average molecular weight is 342 g/mol. The lowest BCUT2D eigenvalue weighted by atomic mass is 10.1. The smallest absolute Gasteiger partial charge is 0.332 e. The SMILES string of the molecule is Cc1cc(NC(=O)C2CCC(C(=O)O)O2)cc(C)c1Br. The predicted molar refractivity (Wildman–Crippen MR) is 77.8 cm³/mol. The number of ether oxygens (including phenoxy) is 1. The second-order valence-corrected chi connectivity index (χ2v) is 5.74. The van der Waals surface area contributed by atoms with Crippen molar-refractivity contribution in [1.82, 2.24) is 0 Å². The number of anilines is 1. The van der Waals surface area contributed by atoms with Crippen LogP contribution >= 0.6 is 15.9 Å². The Morgan fingerprint density at radius 3 is 2.30 bits per heavy atom. The highest BCUT2D eigenvalue weighted by Crippen LogP contribution is 2.26. The summed E-state index contributed by atoms with van der Waals surface area (Å²) in [6.45, 7) is 3.89. The first kappa shape index (κ1) is 15.0. The van der Waals surface area contributed by atoms with Crippen molar-refractivity contribution in [3.05, 3.63) is 27.7 Å². The highest BCUT2D eigenvalue weighted by Gasteiger charge is 2.34. The Balaban J connectivity index is 2.04. The fourth-order valence-corrected chi connectivity index (χ4v) is 2.48. The fourth-order valence-electron chi connectivity index (χ4n) is 2.25. The van der Waals surface area contributed by atoms with E-state index in [4.69, 9.17) is 9.84 Å². The van der Waals surface area contributed by atoms with Crippen molar-refractivity contribution >= 4 is 33.5 Å². The molecule has 2 N–H and O–H groups in total. The van der Waals surface area contributed by atoms with Gasteiger partial charge in [0, 0.05) is 10.2 Å². The van der Waals surface area contributed by atoms with E-state index in [1.165, 1.54) is 0 Å². The minimum Gasteiger partial charge on any atom is -0.479 e. The summed E-state index contributed by atoms with van der Waals surface area (Å²) in [6, 6.07) is 3.72. The van der Waals surface area contributed by atoms with Crippen LogP contribution in [0.4, 0.5) is 5.69 Å². The van der Waals surface area contributed by atoms with Crippen LogP contribution in [0.25, 0.3) is 0 Å². The molecule has 20 heavy (non-hydrogen) atoms. The third-order valence-electron chi connectivity index (χ3n) is 3.29. The molecular formula is C14H16BrNO4. The van der Waals surface area contributed by atoms with Gasteiger partial charge in [0.1, 0.15) is 6.10 Å². The Bertz CT molecular complexity index is 535. The number of rotatable bonds is 3. The maximum atomic E-state index is 12.0. The van der Waals surface area contributed by atoms with Gasteiger partial charge in [-0.1, -0.05) is 15.9 Å². The number of aryl methyl sites for hydroxylation is 2. The molecule has 0 aliphatic carbocycles. The number of carbonyl (C=O) groups is 2. The van der Waals surface area contributed by atoms with Crippen LogP contribution in [0.2, 0.25) is 0 Å². The van der Waals surface area contributed by atoms with Gasteiger partial charge in [-0.2, -0.15) is 0 Å². The standard InChI is InChI=1S/C14H16BrNO4/c1-7-5-9(6-8(2)12(7)15)16-13(17)10-3-4-11(20-10)14(18)19/h5-6,10-11H,3-4H2,1-2H3,(H,16,17)(H,18,19). The van der Waals surface area contributed by atoms with Gasteiger partial charge in [-0.15, -0.1) is 0 Å². The zero-order chi connectivity index (χ0) is 14.9. The van der Waals surface area contributed by atoms with Gasteiger partial charge < -0.3 is 15.2 Å². The molecule has 1 aromatic carbocycles. The fraction of sp³-hybridized carbons (Fsp3) is 0.429. The van der Waals surface area contributed by atoms with Gasteiger partial charge in [0.2, 0.25) is 0 Å². The molecule has 1 aliphatic rings. The lowest BCUT2D eigenvalue weighted by Crippen LogP contribution is -2.30. The number of amides is 1. The molecule has 0 bridgehead atoms. The van der Waals surface area contributed by atoms with Gasteiger partial charge in [0.05, 0.1) is 0 Å². The molecule has 5 nitrogen and oxygen atoms in total. The Labute approximate surface area is 125 Å². The summed E-state index contributed by atoms with van der Waals surface area (Å²) in [7, 11) is 0. The normalized spacial score (nSPS) is 21.8. The van der Waals surface area contributed by atoms with E-state index < -0.39 is 18.2 Å². The van der Waals surface area contributed by atoms with Crippen molar-refractivity contribution in [1.29, 1.82) is 0 Å². The Kier molecular flexibility index (Phi) is 4.45. The lowest BCUT2D eigenvalue weighted by Gasteiger charge is -2.13. The molecular weight excluding hydrogens is 326 g/mol. The van der Waals surface area contributed by atoms with E-state index in [-0.39, 0.29) is 5.91 Å². The summed E-state index contributed by atoms with van der Waals surface area (Å²) < 4.78 is 6.23. The number of benzene rings is 1. The van der Waals surface area contributed by atoms with Crippen molar-refractivity contribution in [3.63, 3.8) is 0 Å². The quantitative estimate of drug-likeness (QED) is 0.886. The molecule has 2 unspecified atom stereocenters. The van der Waals surface area contributed by atoms with Crippen molar-refractivity contribution in [3.8, 4) is 0 Å². The van der Waals surface area contributed by atoms with Crippen molar-refractivity contribution in [2.24, 2.45) is 0 Å². The molecule has 1 aliphatic heterocycles. The number of carboxylic acids is 1. The topological polar surface area (TPSA) is 75.6 Å². The summed E-state index contributed by atoms with van der Waals surface area (Å²) >= 11 is 3.47. The summed E-state index contributed by atoms with van der Waals surface area (Å²) in [5, 5.41) is 11.6. The molecule has 2 rings (SSSR count). The lowest BCUT2D eigenvalue weighted by molar-refractivity contribution is -0.150. The second-order valence-electron chi connectivity index (χ2n) is 4.94. The summed E-state index contributed by atoms with van der Waals surface area (Å²) in [5.41, 5.74) is 2.74. The van der Waals surface area contributed by atoms with Crippen LogP contribution in [0.5, 0.6) is 0 Å². The summed E-state index contributed by atoms with van der Waals surface area (Å²) in [6.07, 6.45) is -0.775. The van der Waals surface area contributed by atoms with Crippen LogP contribution in [0.1, 0.15) is 24.0 Å². The largest absolute Gasteiger partial charge is 0.479 e. The number of halogens is 1. The van der Waals surface area contributed by atoms with Crippen LogP contribution in [-0.2, 0) is 14.3 Å². The number of carbonyl (C=O) groups excluding carboxylic acids is 1. The van der Waals surface area contributed by atoms with E-state index in [2.05, 4.69) is 21.2 Å². The second kappa shape index (κ2) is 5.93. The molecule has 2 atom stereocenters. The third kappa shape index (κ3) is 3.19. The van der Waals surface area contributed by atoms with Crippen LogP contribution in [0.15, 0.2) is 16.6 Å². The van der Waals surface area contributed by atoms with Gasteiger partial charge in [-0.05, 0) is 49.9 Å². The maximum Gasteiger partial charge on any atom is 0.332 e. The van der Waals surface area contributed by atoms with Gasteiger partial charge in [0.15, 0.2) is 6.10 Å². The van der Waals surface area contributed by atoms with Crippen molar-refractivity contribution < 1.29 is 19.4 Å². The van der Waals surface area contributed by atoms with E-state index >= 15 is 0 Å². The molecule has 0 saturated carbocycles. The number of carboxylic acid groups (broad SMARTS) is 1. The Morgan fingerprint density at radius 1 is 1.25 bits per heavy atom. The van der Waals surface area contributed by atoms with E-state index in [1.807, 2.05) is 26.0 Å². The van der Waals surface area contributed by atoms with Gasteiger partial charge >= 0.3 is 5.97 Å². The van der Waals surface area contributed by atoms with E-state index in [9.17, 15) is 9.59 Å². The van der Waals surface area contributed by atoms with Gasteiger partial charge in [-0.25, -0.2) is 4.79 Å². The molecule has 1 amide bonds. The zero-order valence-electron chi connectivity index (χ0n) is 11.3. The molecule has 0 radical (unpaired) electrons. The Morgan fingerprint density at radius 2 is 1.80 bits per heavy atom. The maximum absolute atomic E-state index is 12.0. The minimum absolute atomic E-state index is 0.296. The minimum atomic E-state index is -1.02. The highest BCUT2D eigenvalue weighted by atomic mass is 79.9. The molecule has 1 aromatic rings. The number of hydrogen-bond donors (Lipinski definition) is 2. The first-order chi connectivity index (χ1) is 9.38. The molecule has 1 fully saturated rings. The van der Waals surface area contributed by atoms with Crippen LogP contribution in [0, 0.1) is 13.8 Å². The van der Waals surface area contributed by atoms with Crippen LogP contribution < -0.4 is 5.32 Å². The monoisotopic (exact) mass is 341 g/mol. The van der Waals surface area contributed by atoms with Crippen molar-refractivity contribution in [2.75, 3.05) is 5.32 Å². The summed E-state index contributed by atoms with van der Waals surface area (Å²) in [4.78, 5) is 22.8. The third-order valence-corrected chi connectivity index (χ3v) is 4.54. The highest BCUT2D eigenvalue weighted by molar-refractivity contribution is 9.10. The summed E-state index contributed by atoms with van der Waals surface area (Å²) in [5.74, 6) is -1.31. The molecule has 108 valence electrons. The molecule has 6 heteroatoms. The first-order valence-corrected chi connectivity index (χ1v) is 7.13. The van der Waals surface area contributed by atoms with E-state index in [1.54, 1.807) is 0 Å². The predicted octanol–water partition coefficient (Wildman–Crippen LogP) is 2.64. The molecule has 1 saturated heterocycles.